The molecule has 5 heteroatoms. The van der Waals surface area contributed by atoms with Crippen molar-refractivity contribution in [1.29, 1.82) is 0 Å². The molecule has 0 radical (unpaired) electrons. The predicted octanol–water partition coefficient (Wildman–Crippen LogP) is 1.83. The van der Waals surface area contributed by atoms with Crippen molar-refractivity contribution in [1.82, 2.24) is 4.31 Å². The molecule has 0 spiro atoms. The summed E-state index contributed by atoms with van der Waals surface area (Å²) in [5.74, 6) is 0. The quantitative estimate of drug-likeness (QED) is 0.839. The van der Waals surface area contributed by atoms with E-state index in [1.807, 2.05) is 19.9 Å². The van der Waals surface area contributed by atoms with Crippen molar-refractivity contribution in [2.75, 3.05) is 19.3 Å². The molecule has 1 rings (SSSR count). The van der Waals surface area contributed by atoms with E-state index in [0.29, 0.717) is 22.7 Å². The number of sulfonamides is 1. The van der Waals surface area contributed by atoms with Crippen LogP contribution in [0.15, 0.2) is 11.0 Å². The summed E-state index contributed by atoms with van der Waals surface area (Å²) in [5.41, 5.74) is 8.68. The third-order valence-electron chi connectivity index (χ3n) is 3.19. The molecule has 96 valence electrons. The molecule has 0 unspecified atom stereocenters. The van der Waals surface area contributed by atoms with E-state index in [9.17, 15) is 8.42 Å². The van der Waals surface area contributed by atoms with Gasteiger partial charge in [0, 0.05) is 19.3 Å². The van der Waals surface area contributed by atoms with Gasteiger partial charge in [0.15, 0.2) is 0 Å². The summed E-state index contributed by atoms with van der Waals surface area (Å²) in [6, 6.07) is 1.82. The Labute approximate surface area is 103 Å². The number of aryl methyl sites for hydroxylation is 1. The van der Waals surface area contributed by atoms with Crippen LogP contribution in [0.2, 0.25) is 0 Å². The molecular weight excluding hydrogens is 236 g/mol. The van der Waals surface area contributed by atoms with Crippen LogP contribution >= 0.6 is 0 Å². The summed E-state index contributed by atoms with van der Waals surface area (Å²) < 4.78 is 26.1. The maximum atomic E-state index is 12.4. The van der Waals surface area contributed by atoms with Crippen LogP contribution in [-0.4, -0.2) is 26.3 Å². The Hall–Kier alpha value is -1.07. The molecule has 0 aliphatic heterocycles. The molecule has 0 bridgehead atoms. The molecule has 17 heavy (non-hydrogen) atoms. The minimum atomic E-state index is -3.44. The van der Waals surface area contributed by atoms with Gasteiger partial charge in [-0.3, -0.25) is 0 Å². The second-order valence-corrected chi connectivity index (χ2v) is 6.26. The zero-order chi connectivity index (χ0) is 13.4. The first kappa shape index (κ1) is 14.0. The van der Waals surface area contributed by atoms with E-state index < -0.39 is 10.0 Å². The fraction of sp³-hybridized carbons (Fsp3) is 0.500. The molecule has 0 atom stereocenters. The molecule has 0 heterocycles. The number of benzene rings is 1. The standard InChI is InChI=1S/C12H20N2O2S/c1-6-14(5)17(15,16)12-9(3)8(2)7-11(13)10(12)4/h7H,6,13H2,1-5H3. The van der Waals surface area contributed by atoms with Crippen molar-refractivity contribution in [3.63, 3.8) is 0 Å². The Morgan fingerprint density at radius 1 is 1.24 bits per heavy atom. The highest BCUT2D eigenvalue weighted by Crippen LogP contribution is 2.29. The van der Waals surface area contributed by atoms with Crippen LogP contribution in [0.3, 0.4) is 0 Å². The zero-order valence-electron chi connectivity index (χ0n) is 11.0. The molecule has 0 saturated carbocycles. The first-order valence-corrected chi connectivity index (χ1v) is 7.00. The van der Waals surface area contributed by atoms with Gasteiger partial charge in [0.25, 0.3) is 0 Å². The summed E-state index contributed by atoms with van der Waals surface area (Å²) in [5, 5.41) is 0. The van der Waals surface area contributed by atoms with Crippen molar-refractivity contribution in [3.8, 4) is 0 Å². The van der Waals surface area contributed by atoms with Gasteiger partial charge in [-0.25, -0.2) is 12.7 Å². The normalized spacial score (nSPS) is 12.1. The van der Waals surface area contributed by atoms with E-state index in [0.717, 1.165) is 11.1 Å². The second-order valence-electron chi connectivity index (χ2n) is 4.28. The van der Waals surface area contributed by atoms with Crippen molar-refractivity contribution in [2.45, 2.75) is 32.6 Å². The molecule has 0 aromatic heterocycles. The molecule has 0 fully saturated rings. The van der Waals surface area contributed by atoms with Gasteiger partial charge < -0.3 is 5.73 Å². The number of nitrogen functional groups attached to an aromatic ring is 1. The van der Waals surface area contributed by atoms with Crippen molar-refractivity contribution < 1.29 is 8.42 Å². The minimum Gasteiger partial charge on any atom is -0.398 e. The maximum Gasteiger partial charge on any atom is 0.243 e. The average Bonchev–Trinajstić information content (AvgIpc) is 2.25. The Balaban J connectivity index is 3.62. The lowest BCUT2D eigenvalue weighted by atomic mass is 10.1. The summed E-state index contributed by atoms with van der Waals surface area (Å²) >= 11 is 0. The highest BCUT2D eigenvalue weighted by molar-refractivity contribution is 7.89. The van der Waals surface area contributed by atoms with Gasteiger partial charge in [-0.2, -0.15) is 0 Å². The third kappa shape index (κ3) is 2.30. The van der Waals surface area contributed by atoms with Crippen LogP contribution in [0.1, 0.15) is 23.6 Å². The summed E-state index contributed by atoms with van der Waals surface area (Å²) in [4.78, 5) is 0.347. The number of hydrogen-bond donors (Lipinski definition) is 1. The summed E-state index contributed by atoms with van der Waals surface area (Å²) in [6.45, 7) is 7.68. The van der Waals surface area contributed by atoms with Crippen molar-refractivity contribution >= 4 is 15.7 Å². The first-order valence-electron chi connectivity index (χ1n) is 5.56. The number of nitrogens with zero attached hydrogens (tertiary/aromatic N) is 1. The highest BCUT2D eigenvalue weighted by Gasteiger charge is 2.25. The zero-order valence-corrected chi connectivity index (χ0v) is 11.9. The Kier molecular flexibility index (Phi) is 3.84. The SMILES string of the molecule is CCN(C)S(=O)(=O)c1c(C)c(C)cc(N)c1C. The van der Waals surface area contributed by atoms with Crippen molar-refractivity contribution in [2.24, 2.45) is 0 Å². The van der Waals surface area contributed by atoms with E-state index in [-0.39, 0.29) is 0 Å². The molecular formula is C12H20N2O2S. The van der Waals surface area contributed by atoms with Gasteiger partial charge in [0.05, 0.1) is 4.90 Å². The number of hydrogen-bond acceptors (Lipinski definition) is 3. The van der Waals surface area contributed by atoms with Gasteiger partial charge in [-0.1, -0.05) is 6.92 Å². The lowest BCUT2D eigenvalue weighted by Crippen LogP contribution is -2.28. The van der Waals surface area contributed by atoms with Gasteiger partial charge in [0.2, 0.25) is 10.0 Å². The number of rotatable bonds is 3. The van der Waals surface area contributed by atoms with E-state index in [1.165, 1.54) is 4.31 Å². The Morgan fingerprint density at radius 2 is 1.76 bits per heavy atom. The monoisotopic (exact) mass is 256 g/mol. The number of nitrogens with two attached hydrogens (primary N) is 1. The molecule has 0 aliphatic carbocycles. The van der Waals surface area contributed by atoms with Gasteiger partial charge >= 0.3 is 0 Å². The van der Waals surface area contributed by atoms with Crippen LogP contribution in [-0.2, 0) is 10.0 Å². The summed E-state index contributed by atoms with van der Waals surface area (Å²) in [7, 11) is -1.87. The minimum absolute atomic E-state index is 0.347. The number of anilines is 1. The van der Waals surface area contributed by atoms with Gasteiger partial charge in [-0.15, -0.1) is 0 Å². The van der Waals surface area contributed by atoms with Crippen LogP contribution in [0.5, 0.6) is 0 Å². The average molecular weight is 256 g/mol. The third-order valence-corrected chi connectivity index (χ3v) is 5.40. The molecule has 1 aromatic rings. The van der Waals surface area contributed by atoms with Gasteiger partial charge in [-0.05, 0) is 43.5 Å². The molecule has 0 aliphatic rings. The first-order chi connectivity index (χ1) is 7.73. The molecule has 1 aromatic carbocycles. The van der Waals surface area contributed by atoms with Crippen LogP contribution < -0.4 is 5.73 Å². The topological polar surface area (TPSA) is 63.4 Å². The van der Waals surface area contributed by atoms with Crippen molar-refractivity contribution in [3.05, 3.63) is 22.8 Å². The molecule has 2 N–H and O–H groups in total. The van der Waals surface area contributed by atoms with E-state index in [4.69, 9.17) is 5.73 Å². The molecule has 4 nitrogen and oxygen atoms in total. The summed E-state index contributed by atoms with van der Waals surface area (Å²) in [6.07, 6.45) is 0. The fourth-order valence-corrected chi connectivity index (χ4v) is 3.46. The fourth-order valence-electron chi connectivity index (χ4n) is 1.75. The molecule has 0 amide bonds. The van der Waals surface area contributed by atoms with Crippen LogP contribution in [0, 0.1) is 20.8 Å². The maximum absolute atomic E-state index is 12.4. The van der Waals surface area contributed by atoms with Crippen LogP contribution in [0.25, 0.3) is 0 Å². The molecule has 0 saturated heterocycles. The Morgan fingerprint density at radius 3 is 2.24 bits per heavy atom. The smallest absolute Gasteiger partial charge is 0.243 e. The van der Waals surface area contributed by atoms with Gasteiger partial charge in [0.1, 0.15) is 0 Å². The second kappa shape index (κ2) is 4.66. The lowest BCUT2D eigenvalue weighted by molar-refractivity contribution is 0.485. The highest BCUT2D eigenvalue weighted by atomic mass is 32.2. The largest absolute Gasteiger partial charge is 0.398 e. The predicted molar refractivity (Wildman–Crippen MR) is 70.6 cm³/mol. The van der Waals surface area contributed by atoms with Crippen LogP contribution in [0.4, 0.5) is 5.69 Å². The van der Waals surface area contributed by atoms with E-state index in [2.05, 4.69) is 0 Å². The van der Waals surface area contributed by atoms with E-state index in [1.54, 1.807) is 20.9 Å². The lowest BCUT2D eigenvalue weighted by Gasteiger charge is -2.20. The Bertz CT molecular complexity index is 510. The van der Waals surface area contributed by atoms with E-state index >= 15 is 0 Å².